The lowest BCUT2D eigenvalue weighted by molar-refractivity contribution is -1.02. The summed E-state index contributed by atoms with van der Waals surface area (Å²) in [5, 5.41) is 3.35. The van der Waals surface area contributed by atoms with Crippen LogP contribution in [0, 0.1) is 5.92 Å². The average Bonchev–Trinajstić information content (AvgIpc) is 2.70. The van der Waals surface area contributed by atoms with E-state index in [4.69, 9.17) is 0 Å². The number of benzene rings is 1. The Balaban J connectivity index is 1.40. The van der Waals surface area contributed by atoms with E-state index in [0.717, 1.165) is 39.1 Å². The number of quaternary nitrogens is 2. The number of amides is 1. The van der Waals surface area contributed by atoms with Crippen molar-refractivity contribution in [1.29, 1.82) is 0 Å². The molecule has 0 spiro atoms. The highest BCUT2D eigenvalue weighted by Crippen LogP contribution is 2.23. The van der Waals surface area contributed by atoms with Gasteiger partial charge in [-0.3, -0.25) is 4.79 Å². The highest BCUT2D eigenvalue weighted by atomic mass is 16.2. The molecule has 4 heteroatoms. The first-order chi connectivity index (χ1) is 13.1. The third kappa shape index (κ3) is 5.91. The van der Waals surface area contributed by atoms with Crippen LogP contribution in [-0.2, 0) is 4.79 Å². The van der Waals surface area contributed by atoms with Crippen LogP contribution in [-0.4, -0.2) is 50.7 Å². The summed E-state index contributed by atoms with van der Waals surface area (Å²) in [6, 6.07) is 11.0. The molecular formula is C23H37N3O+2. The molecule has 27 heavy (non-hydrogen) atoms. The summed E-state index contributed by atoms with van der Waals surface area (Å²) < 4.78 is 0. The van der Waals surface area contributed by atoms with Crippen LogP contribution in [0.1, 0.15) is 45.1 Å². The average molecular weight is 372 g/mol. The van der Waals surface area contributed by atoms with E-state index in [1.165, 1.54) is 29.7 Å². The summed E-state index contributed by atoms with van der Waals surface area (Å²) >= 11 is 0. The molecule has 4 nitrogen and oxygen atoms in total. The molecule has 1 saturated heterocycles. The van der Waals surface area contributed by atoms with E-state index in [1.807, 2.05) is 0 Å². The Bertz CT molecular complexity index is 607. The van der Waals surface area contributed by atoms with Gasteiger partial charge in [-0.15, -0.1) is 0 Å². The molecule has 1 heterocycles. The standard InChI is InChI=1S/C23H35N3O/c1-19-9-6-7-13-22(19)24-23(27)20(2)26-17-15-25(16-18-26)14-8-12-21-10-4-3-5-11-21/h3-5,8,10-12,19-20,22H,6-7,9,13-18H2,1-2H3,(H,24,27)/p+2/b12-8+/t19-,20-,22+/m1/s1. The fourth-order valence-corrected chi connectivity index (χ4v) is 4.51. The van der Waals surface area contributed by atoms with Crippen molar-refractivity contribution >= 4 is 12.0 Å². The summed E-state index contributed by atoms with van der Waals surface area (Å²) in [6.45, 7) is 9.93. The predicted octanol–water partition coefficient (Wildman–Crippen LogP) is 0.567. The maximum absolute atomic E-state index is 12.7. The Morgan fingerprint density at radius 2 is 1.85 bits per heavy atom. The first kappa shape index (κ1) is 20.1. The quantitative estimate of drug-likeness (QED) is 0.672. The van der Waals surface area contributed by atoms with Gasteiger partial charge in [-0.25, -0.2) is 0 Å². The molecular weight excluding hydrogens is 334 g/mol. The molecule has 3 N–H and O–H groups in total. The van der Waals surface area contributed by atoms with Gasteiger partial charge in [0.15, 0.2) is 6.04 Å². The Labute approximate surface area is 164 Å². The van der Waals surface area contributed by atoms with E-state index in [-0.39, 0.29) is 11.9 Å². The minimum atomic E-state index is 0.0699. The number of piperazine rings is 1. The monoisotopic (exact) mass is 371 g/mol. The van der Waals surface area contributed by atoms with Crippen LogP contribution < -0.4 is 15.1 Å². The molecule has 1 saturated carbocycles. The van der Waals surface area contributed by atoms with Crippen LogP contribution in [0.15, 0.2) is 36.4 Å². The number of hydrogen-bond acceptors (Lipinski definition) is 1. The molecule has 2 aliphatic rings. The first-order valence-electron chi connectivity index (χ1n) is 10.8. The van der Waals surface area contributed by atoms with E-state index in [1.54, 1.807) is 4.90 Å². The minimum Gasteiger partial charge on any atom is -0.348 e. The Morgan fingerprint density at radius 1 is 1.15 bits per heavy atom. The maximum Gasteiger partial charge on any atom is 0.278 e. The fourth-order valence-electron chi connectivity index (χ4n) is 4.51. The summed E-state index contributed by atoms with van der Waals surface area (Å²) in [4.78, 5) is 15.8. The van der Waals surface area contributed by atoms with E-state index in [2.05, 4.69) is 61.6 Å². The van der Waals surface area contributed by atoms with Crippen molar-refractivity contribution in [3.8, 4) is 0 Å². The van der Waals surface area contributed by atoms with Crippen molar-refractivity contribution in [2.75, 3.05) is 32.7 Å². The van der Waals surface area contributed by atoms with E-state index in [9.17, 15) is 4.79 Å². The molecule has 0 radical (unpaired) electrons. The van der Waals surface area contributed by atoms with Crippen molar-refractivity contribution in [2.45, 2.75) is 51.6 Å². The zero-order chi connectivity index (χ0) is 19.1. The second-order valence-corrected chi connectivity index (χ2v) is 8.52. The van der Waals surface area contributed by atoms with Crippen LogP contribution >= 0.6 is 0 Å². The van der Waals surface area contributed by atoms with Gasteiger partial charge in [-0.2, -0.15) is 0 Å². The van der Waals surface area contributed by atoms with Gasteiger partial charge in [0, 0.05) is 6.04 Å². The second kappa shape index (κ2) is 10.0. The van der Waals surface area contributed by atoms with Gasteiger partial charge in [0.2, 0.25) is 0 Å². The van der Waals surface area contributed by atoms with Crippen molar-refractivity contribution in [1.82, 2.24) is 5.32 Å². The lowest BCUT2D eigenvalue weighted by Crippen LogP contribution is -3.30. The van der Waals surface area contributed by atoms with Gasteiger partial charge in [-0.05, 0) is 37.3 Å². The topological polar surface area (TPSA) is 38.0 Å². The number of nitrogens with one attached hydrogen (secondary N) is 3. The first-order valence-corrected chi connectivity index (χ1v) is 10.8. The van der Waals surface area contributed by atoms with Crippen LogP contribution in [0.3, 0.4) is 0 Å². The largest absolute Gasteiger partial charge is 0.348 e. The number of carbonyl (C=O) groups excluding carboxylic acids is 1. The lowest BCUT2D eigenvalue weighted by atomic mass is 9.86. The Kier molecular flexibility index (Phi) is 7.48. The molecule has 2 fully saturated rings. The Hall–Kier alpha value is -1.65. The molecule has 0 aromatic heterocycles. The highest BCUT2D eigenvalue weighted by molar-refractivity contribution is 5.80. The van der Waals surface area contributed by atoms with E-state index >= 15 is 0 Å². The van der Waals surface area contributed by atoms with Crippen LogP contribution in [0.5, 0.6) is 0 Å². The second-order valence-electron chi connectivity index (χ2n) is 8.52. The number of hydrogen-bond donors (Lipinski definition) is 3. The molecule has 148 valence electrons. The summed E-state index contributed by atoms with van der Waals surface area (Å²) in [5.74, 6) is 0.888. The molecule has 1 aromatic rings. The zero-order valence-corrected chi connectivity index (χ0v) is 17.0. The van der Waals surface area contributed by atoms with Gasteiger partial charge in [0.1, 0.15) is 26.2 Å². The molecule has 0 unspecified atom stereocenters. The SMILES string of the molecule is C[C@@H]1CCCC[C@@H]1NC(=O)[C@@H](C)[NH+]1CC[NH+](C/C=C/c2ccccc2)CC1. The third-order valence-corrected chi connectivity index (χ3v) is 6.56. The molecule has 1 aliphatic carbocycles. The van der Waals surface area contributed by atoms with Gasteiger partial charge >= 0.3 is 0 Å². The molecule has 1 aliphatic heterocycles. The molecule has 0 bridgehead atoms. The Morgan fingerprint density at radius 3 is 2.56 bits per heavy atom. The predicted molar refractivity (Wildman–Crippen MR) is 111 cm³/mol. The molecule has 1 amide bonds. The zero-order valence-electron chi connectivity index (χ0n) is 17.0. The van der Waals surface area contributed by atoms with Crippen molar-refractivity contribution in [3.63, 3.8) is 0 Å². The van der Waals surface area contributed by atoms with Crippen LogP contribution in [0.4, 0.5) is 0 Å². The van der Waals surface area contributed by atoms with Gasteiger partial charge in [0.05, 0.1) is 6.54 Å². The van der Waals surface area contributed by atoms with E-state index in [0.29, 0.717) is 12.0 Å². The van der Waals surface area contributed by atoms with Crippen LogP contribution in [0.25, 0.3) is 6.08 Å². The smallest absolute Gasteiger partial charge is 0.278 e. The van der Waals surface area contributed by atoms with Gasteiger partial charge in [0.25, 0.3) is 5.91 Å². The maximum atomic E-state index is 12.7. The molecule has 1 aromatic carbocycles. The highest BCUT2D eigenvalue weighted by Gasteiger charge is 2.32. The fraction of sp³-hybridized carbons (Fsp3) is 0.609. The van der Waals surface area contributed by atoms with Crippen molar-refractivity contribution in [2.24, 2.45) is 5.92 Å². The molecule has 3 atom stereocenters. The minimum absolute atomic E-state index is 0.0699. The van der Waals surface area contributed by atoms with Gasteiger partial charge < -0.3 is 15.1 Å². The summed E-state index contributed by atoms with van der Waals surface area (Å²) in [7, 11) is 0. The van der Waals surface area contributed by atoms with E-state index < -0.39 is 0 Å². The lowest BCUT2D eigenvalue weighted by Gasteiger charge is -2.34. The number of rotatable bonds is 6. The number of carbonyl (C=O) groups is 1. The third-order valence-electron chi connectivity index (χ3n) is 6.56. The van der Waals surface area contributed by atoms with Crippen molar-refractivity contribution in [3.05, 3.63) is 42.0 Å². The normalized spacial score (nSPS) is 30.1. The van der Waals surface area contributed by atoms with Crippen LogP contribution in [0.2, 0.25) is 0 Å². The summed E-state index contributed by atoms with van der Waals surface area (Å²) in [5.41, 5.74) is 1.27. The van der Waals surface area contributed by atoms with Gasteiger partial charge in [-0.1, -0.05) is 56.2 Å². The molecule has 3 rings (SSSR count). The van der Waals surface area contributed by atoms with Crippen molar-refractivity contribution < 1.29 is 14.6 Å². The summed E-state index contributed by atoms with van der Waals surface area (Å²) in [6.07, 6.45) is 9.49.